The Labute approximate surface area is 276 Å². The van der Waals surface area contributed by atoms with Gasteiger partial charge in [-0.1, -0.05) is 0 Å². The van der Waals surface area contributed by atoms with Crippen molar-refractivity contribution in [3.8, 4) is 17.3 Å². The second-order valence-electron chi connectivity index (χ2n) is 14.6. The van der Waals surface area contributed by atoms with Crippen molar-refractivity contribution < 1.29 is 23.1 Å². The normalized spacial score (nSPS) is 27.6. The molecular weight excluding hydrogens is 618 g/mol. The fourth-order valence-corrected chi connectivity index (χ4v) is 8.64. The van der Waals surface area contributed by atoms with Gasteiger partial charge in [0.25, 0.3) is 11.8 Å². The van der Waals surface area contributed by atoms with E-state index in [-0.39, 0.29) is 43.2 Å². The number of carbonyl (C=O) groups is 2. The minimum Gasteiger partial charge on any atom is -0.482 e. The number of rotatable bonds is 7. The molecule has 6 atom stereocenters. The zero-order valence-electron chi connectivity index (χ0n) is 27.3. The summed E-state index contributed by atoms with van der Waals surface area (Å²) in [6.45, 7) is 4.83. The van der Waals surface area contributed by atoms with Crippen LogP contribution in [-0.2, 0) is 6.54 Å². The topological polar surface area (TPSA) is 123 Å². The molecule has 2 aliphatic carbocycles. The molecule has 2 unspecified atom stereocenters. The molecule has 5 fully saturated rings. The molecule has 4 aromatic heterocycles. The van der Waals surface area contributed by atoms with E-state index >= 15 is 0 Å². The summed E-state index contributed by atoms with van der Waals surface area (Å²) in [6, 6.07) is 9.20. The third-order valence-electron chi connectivity index (χ3n) is 11.6. The van der Waals surface area contributed by atoms with Crippen LogP contribution in [-0.4, -0.2) is 84.9 Å². The van der Waals surface area contributed by atoms with Gasteiger partial charge in [-0.25, -0.2) is 23.5 Å². The summed E-state index contributed by atoms with van der Waals surface area (Å²) in [7, 11) is 1.61. The molecule has 2 saturated carbocycles. The summed E-state index contributed by atoms with van der Waals surface area (Å²) >= 11 is 0. The van der Waals surface area contributed by atoms with Crippen LogP contribution >= 0.6 is 0 Å². The van der Waals surface area contributed by atoms with E-state index in [4.69, 9.17) is 20.4 Å². The molecular formula is C35H40F2N8O3. The number of pyridine rings is 2. The summed E-state index contributed by atoms with van der Waals surface area (Å²) in [5, 5.41) is 3.92. The predicted molar refractivity (Wildman–Crippen MR) is 174 cm³/mol. The first-order valence-corrected chi connectivity index (χ1v) is 17.1. The van der Waals surface area contributed by atoms with Gasteiger partial charge in [-0.05, 0) is 76.1 Å². The number of piperidine rings is 1. The maximum Gasteiger partial charge on any atom is 0.317 e. The Balaban J connectivity index is 1.05. The molecule has 3 saturated heterocycles. The molecule has 0 radical (unpaired) electrons. The number of nitrogens with one attached hydrogen (secondary N) is 1. The number of ether oxygens (including phenoxy) is 1. The third-order valence-corrected chi connectivity index (χ3v) is 11.6. The van der Waals surface area contributed by atoms with Crippen LogP contribution < -0.4 is 15.8 Å². The molecule has 11 nitrogen and oxygen atoms in total. The fourth-order valence-electron chi connectivity index (χ4n) is 8.64. The van der Waals surface area contributed by atoms with Crippen LogP contribution in [0.3, 0.4) is 0 Å². The number of urea groups is 1. The standard InChI is InChI=1S/C35H40F2N8O3/c1-17(39-34(47)42-15-23-24(16-42)35(23,36)37)26-8-6-20-10-28(43(32(20)40-26)14-19-4-5-19)31-18(2)44-29(41-31)11-21(12-30(44)48-3)33(46)45-22-7-9-27(45)25(38)13-22/h6,8,10-12,17,19,22-25,27H,4-5,7,9,13-16,38H2,1-3H3,(H,39,47)/t17-,22+,23?,24?,25-,27-/m1/s1. The first kappa shape index (κ1) is 29.8. The molecule has 2 bridgehead atoms. The average molecular weight is 659 g/mol. The maximum atomic E-state index is 13.8. The molecule has 13 heteroatoms. The van der Waals surface area contributed by atoms with Crippen LogP contribution in [0, 0.1) is 24.7 Å². The second kappa shape index (κ2) is 10.4. The van der Waals surface area contributed by atoms with Gasteiger partial charge in [0.15, 0.2) is 5.88 Å². The van der Waals surface area contributed by atoms with E-state index in [9.17, 15) is 18.4 Å². The first-order chi connectivity index (χ1) is 23.0. The molecule has 7 heterocycles. The van der Waals surface area contributed by atoms with Crippen LogP contribution in [0.5, 0.6) is 5.88 Å². The molecule has 48 heavy (non-hydrogen) atoms. The van der Waals surface area contributed by atoms with Gasteiger partial charge in [0.05, 0.1) is 42.1 Å². The van der Waals surface area contributed by atoms with E-state index in [1.807, 2.05) is 41.3 Å². The van der Waals surface area contributed by atoms with Gasteiger partial charge in [-0.15, -0.1) is 0 Å². The summed E-state index contributed by atoms with van der Waals surface area (Å²) < 4.78 is 37.4. The van der Waals surface area contributed by atoms with Crippen LogP contribution in [0.1, 0.15) is 66.8 Å². The number of methoxy groups -OCH3 is 1. The monoisotopic (exact) mass is 658 g/mol. The van der Waals surface area contributed by atoms with Gasteiger partial charge >= 0.3 is 6.03 Å². The van der Waals surface area contributed by atoms with Gasteiger partial charge in [0.1, 0.15) is 17.0 Å². The van der Waals surface area contributed by atoms with Crippen molar-refractivity contribution >= 4 is 28.6 Å². The molecule has 9 rings (SSSR count). The number of imidazole rings is 1. The molecule has 3 amide bonds. The number of alkyl halides is 2. The first-order valence-electron chi connectivity index (χ1n) is 17.1. The number of aryl methyl sites for hydroxylation is 1. The van der Waals surface area contributed by atoms with Crippen molar-refractivity contribution in [2.75, 3.05) is 20.2 Å². The highest BCUT2D eigenvalue weighted by Crippen LogP contribution is 2.59. The number of hydrogen-bond acceptors (Lipinski definition) is 6. The van der Waals surface area contributed by atoms with Crippen molar-refractivity contribution in [3.05, 3.63) is 47.3 Å². The lowest BCUT2D eigenvalue weighted by Crippen LogP contribution is -2.42. The van der Waals surface area contributed by atoms with Crippen molar-refractivity contribution in [1.82, 2.24) is 34.1 Å². The largest absolute Gasteiger partial charge is 0.482 e. The summed E-state index contributed by atoms with van der Waals surface area (Å²) in [5.41, 5.74) is 11.6. The SMILES string of the molecule is COc1cc(C(=O)N2[C@H]3CC[C@@H]2[C@H](N)C3)cc2nc(-c3cc4ccc([C@@H](C)NC(=O)N5CC6C(C5)C6(F)F)nc4n3CC3CC3)c(C)n12. The Bertz CT molecular complexity index is 1990. The highest BCUT2D eigenvalue weighted by molar-refractivity contribution is 5.97. The number of nitrogens with zero attached hydrogens (tertiary/aromatic N) is 6. The van der Waals surface area contributed by atoms with E-state index in [1.54, 1.807) is 13.2 Å². The number of likely N-dealkylation sites (tertiary alicyclic amines) is 1. The van der Waals surface area contributed by atoms with E-state index in [2.05, 4.69) is 16.0 Å². The van der Waals surface area contributed by atoms with E-state index in [0.29, 0.717) is 28.7 Å². The Morgan fingerprint density at radius 3 is 2.54 bits per heavy atom. The summed E-state index contributed by atoms with van der Waals surface area (Å²) in [6.07, 6.45) is 5.07. The van der Waals surface area contributed by atoms with Crippen LogP contribution in [0.4, 0.5) is 13.6 Å². The lowest BCUT2D eigenvalue weighted by Gasteiger charge is -2.23. The van der Waals surface area contributed by atoms with Crippen molar-refractivity contribution in [2.45, 2.75) is 82.6 Å². The number of nitrogens with two attached hydrogens (primary N) is 1. The molecule has 4 aromatic rings. The second-order valence-corrected chi connectivity index (χ2v) is 14.6. The zero-order chi connectivity index (χ0) is 33.2. The molecule has 3 aliphatic heterocycles. The van der Waals surface area contributed by atoms with E-state index < -0.39 is 23.8 Å². The van der Waals surface area contributed by atoms with Gasteiger partial charge < -0.3 is 30.2 Å². The van der Waals surface area contributed by atoms with Crippen molar-refractivity contribution in [2.24, 2.45) is 23.5 Å². The minimum atomic E-state index is -2.63. The third kappa shape index (κ3) is 4.45. The zero-order valence-corrected chi connectivity index (χ0v) is 27.3. The molecule has 3 N–H and O–H groups in total. The maximum absolute atomic E-state index is 13.8. The Morgan fingerprint density at radius 2 is 1.88 bits per heavy atom. The molecule has 0 aromatic carbocycles. The average Bonchev–Trinajstić information content (AvgIpc) is 3.52. The molecule has 252 valence electrons. The lowest BCUT2D eigenvalue weighted by atomic mass is 9.97. The molecule has 0 spiro atoms. The minimum absolute atomic E-state index is 0.0202. The number of fused-ring (bicyclic) bond motifs is 5. The molecule has 5 aliphatic rings. The van der Waals surface area contributed by atoms with E-state index in [1.165, 1.54) is 4.90 Å². The van der Waals surface area contributed by atoms with Gasteiger partial charge in [-0.2, -0.15) is 0 Å². The van der Waals surface area contributed by atoms with Gasteiger partial charge in [0.2, 0.25) is 0 Å². The number of amides is 3. The Kier molecular flexibility index (Phi) is 6.45. The summed E-state index contributed by atoms with van der Waals surface area (Å²) in [4.78, 5) is 40.3. The highest BCUT2D eigenvalue weighted by Gasteiger charge is 2.72. The number of carbonyl (C=O) groups excluding carboxylic acids is 2. The van der Waals surface area contributed by atoms with Crippen molar-refractivity contribution in [1.29, 1.82) is 0 Å². The summed E-state index contributed by atoms with van der Waals surface area (Å²) in [5.74, 6) is -3.01. The van der Waals surface area contributed by atoms with Crippen LogP contribution in [0.25, 0.3) is 28.1 Å². The quantitative estimate of drug-likeness (QED) is 0.296. The van der Waals surface area contributed by atoms with Crippen LogP contribution in [0.15, 0.2) is 30.3 Å². The predicted octanol–water partition coefficient (Wildman–Crippen LogP) is 4.75. The van der Waals surface area contributed by atoms with Gasteiger partial charge in [-0.3, -0.25) is 9.20 Å². The number of aromatic nitrogens is 4. The smallest absolute Gasteiger partial charge is 0.317 e. The Morgan fingerprint density at radius 1 is 1.10 bits per heavy atom. The Hall–Kier alpha value is -4.26. The number of halogens is 2. The van der Waals surface area contributed by atoms with Crippen molar-refractivity contribution in [3.63, 3.8) is 0 Å². The van der Waals surface area contributed by atoms with Gasteiger partial charge in [0, 0.05) is 54.8 Å². The fraction of sp³-hybridized carbons (Fsp3) is 0.543. The van der Waals surface area contributed by atoms with Crippen LogP contribution in [0.2, 0.25) is 0 Å². The highest BCUT2D eigenvalue weighted by atomic mass is 19.3. The lowest BCUT2D eigenvalue weighted by molar-refractivity contribution is 0.0592. The van der Waals surface area contributed by atoms with E-state index in [0.717, 1.165) is 66.8 Å². The number of hydrogen-bond donors (Lipinski definition) is 2.